The van der Waals surface area contributed by atoms with Crippen LogP contribution in [0.15, 0.2) is 42.5 Å². The molecule has 0 aliphatic carbocycles. The first-order valence-corrected chi connectivity index (χ1v) is 23.6. The van der Waals surface area contributed by atoms with Crippen molar-refractivity contribution in [2.75, 3.05) is 39.3 Å². The number of benzene rings is 3. The van der Waals surface area contributed by atoms with E-state index in [0.717, 1.165) is 44.5 Å². The Bertz CT molecular complexity index is 2780. The van der Waals surface area contributed by atoms with Gasteiger partial charge in [-0.1, -0.05) is 54.4 Å². The molecule has 3 amide bonds. The Balaban J connectivity index is 1.07. The van der Waals surface area contributed by atoms with E-state index in [1.807, 2.05) is 63.6 Å². The van der Waals surface area contributed by atoms with Crippen LogP contribution in [-0.4, -0.2) is 104 Å². The van der Waals surface area contributed by atoms with Crippen LogP contribution >= 0.6 is 23.2 Å². The first-order valence-electron chi connectivity index (χ1n) is 22.9. The summed E-state index contributed by atoms with van der Waals surface area (Å²) in [7, 11) is 1.87. The predicted octanol–water partition coefficient (Wildman–Crippen LogP) is 8.14. The number of nitrogens with one attached hydrogen (secondary N) is 1. The molecule has 2 saturated heterocycles. The van der Waals surface area contributed by atoms with Crippen LogP contribution in [0.1, 0.15) is 104 Å². The van der Waals surface area contributed by atoms with Crippen molar-refractivity contribution in [3.05, 3.63) is 103 Å². The lowest BCUT2D eigenvalue weighted by molar-refractivity contribution is -0.137. The summed E-state index contributed by atoms with van der Waals surface area (Å²) >= 11 is 13.5. The molecule has 2 aromatic heterocycles. The Morgan fingerprint density at radius 3 is 2.27 bits per heavy atom. The molecule has 5 aromatic rings. The first kappa shape index (κ1) is 49.1. The zero-order chi connectivity index (χ0) is 48.4. The van der Waals surface area contributed by atoms with E-state index in [4.69, 9.17) is 27.9 Å². The fourth-order valence-corrected chi connectivity index (χ4v) is 10.2. The lowest BCUT2D eigenvalue weighted by atomic mass is 9.79. The van der Waals surface area contributed by atoms with Crippen LogP contribution in [0, 0.1) is 39.5 Å². The van der Waals surface area contributed by atoms with Gasteiger partial charge in [-0.2, -0.15) is 5.10 Å². The second-order valence-electron chi connectivity index (χ2n) is 17.9. The SMILES string of the molecule is CC(=O)c1cccc(CCC(=O)N2CCN(CCn3c(C(=O)O)c(CCCOc4cc(C)c(Cl)c(C)c4)c4ccc(Cl)c(-c5c(C)nn(C)c5C)c43)CC2)c1C(=O)C(C)C1CCC(=O)NC1=O. The van der Waals surface area contributed by atoms with Gasteiger partial charge in [0.25, 0.3) is 0 Å². The fourth-order valence-electron chi connectivity index (χ4n) is 9.87. The average molecular weight is 954 g/mol. The first-order chi connectivity index (χ1) is 31.9. The summed E-state index contributed by atoms with van der Waals surface area (Å²) in [4.78, 5) is 82.3. The highest BCUT2D eigenvalue weighted by atomic mass is 35.5. The Hall–Kier alpha value is -5.83. The number of aromatic carboxylic acids is 1. The van der Waals surface area contributed by atoms with Gasteiger partial charge >= 0.3 is 5.97 Å². The number of ketones is 2. The van der Waals surface area contributed by atoms with Gasteiger partial charge in [-0.25, -0.2) is 4.79 Å². The second-order valence-corrected chi connectivity index (χ2v) is 18.7. The van der Waals surface area contributed by atoms with Gasteiger partial charge in [0.15, 0.2) is 11.6 Å². The van der Waals surface area contributed by atoms with Gasteiger partial charge in [0.1, 0.15) is 11.4 Å². The Labute approximate surface area is 400 Å². The molecule has 0 spiro atoms. The largest absolute Gasteiger partial charge is 0.494 e. The minimum absolute atomic E-state index is 0.0921. The Kier molecular flexibility index (Phi) is 15.1. The number of aryl methyl sites for hydroxylation is 6. The summed E-state index contributed by atoms with van der Waals surface area (Å²) in [5, 5.41) is 19.9. The van der Waals surface area contributed by atoms with Crippen LogP contribution < -0.4 is 10.1 Å². The summed E-state index contributed by atoms with van der Waals surface area (Å²) in [6.07, 6.45) is 1.70. The van der Waals surface area contributed by atoms with Crippen molar-refractivity contribution in [1.29, 1.82) is 0 Å². The van der Waals surface area contributed by atoms with E-state index in [-0.39, 0.29) is 65.9 Å². The number of piperidine rings is 1. The summed E-state index contributed by atoms with van der Waals surface area (Å²) in [6, 6.07) is 12.6. The molecule has 354 valence electrons. The predicted molar refractivity (Wildman–Crippen MR) is 257 cm³/mol. The molecular formula is C51H58Cl2N6O8. The Morgan fingerprint density at radius 2 is 1.64 bits per heavy atom. The van der Waals surface area contributed by atoms with Crippen molar-refractivity contribution in [2.24, 2.45) is 18.9 Å². The molecule has 2 aliphatic heterocycles. The smallest absolute Gasteiger partial charge is 0.352 e. The van der Waals surface area contributed by atoms with Crippen LogP contribution in [0.25, 0.3) is 22.0 Å². The van der Waals surface area contributed by atoms with E-state index in [0.29, 0.717) is 85.6 Å². The number of nitrogens with zero attached hydrogens (tertiary/aromatic N) is 5. The summed E-state index contributed by atoms with van der Waals surface area (Å²) in [5.74, 6) is -3.45. The zero-order valence-corrected chi connectivity index (χ0v) is 40.7. The number of imide groups is 1. The molecule has 2 N–H and O–H groups in total. The molecule has 7 rings (SSSR count). The van der Waals surface area contributed by atoms with Crippen molar-refractivity contribution in [2.45, 2.75) is 86.6 Å². The standard InChI is InChI=1S/C51H58Cl2N6O8/c1-28-26-35(27-29(2)46(28)53)67-25-9-12-38-39-14-16-40(52)45(43-31(4)55-56(7)32(43)5)47(39)59(48(38)51(65)66)24-21-57-19-22-58(23-20-57)42(62)18-13-34-10-8-11-37(33(6)60)44(34)49(63)30(3)36-15-17-41(61)54-50(36)64/h8,10-11,14,16,26-27,30,36H,9,12-13,15,17-25H2,1-7H3,(H,65,66)(H,54,61,64). The maximum atomic E-state index is 14.0. The number of ether oxygens (including phenoxy) is 1. The number of carboxylic acid groups (broad SMARTS) is 1. The summed E-state index contributed by atoms with van der Waals surface area (Å²) < 4.78 is 9.83. The highest BCUT2D eigenvalue weighted by Crippen LogP contribution is 2.42. The van der Waals surface area contributed by atoms with Crippen molar-refractivity contribution in [3.8, 4) is 16.9 Å². The van der Waals surface area contributed by atoms with Crippen LogP contribution in [0.3, 0.4) is 0 Å². The quantitative estimate of drug-likeness (QED) is 0.0527. The number of rotatable bonds is 17. The number of aromatic nitrogens is 3. The molecule has 2 aliphatic rings. The number of amides is 3. The van der Waals surface area contributed by atoms with Gasteiger partial charge in [-0.3, -0.25) is 38.9 Å². The molecule has 67 heavy (non-hydrogen) atoms. The molecule has 0 bridgehead atoms. The summed E-state index contributed by atoms with van der Waals surface area (Å²) in [5.41, 5.74) is 7.77. The fraction of sp³-hybridized carbons (Fsp3) is 0.431. The molecule has 0 radical (unpaired) electrons. The zero-order valence-electron chi connectivity index (χ0n) is 39.2. The Morgan fingerprint density at radius 1 is 0.940 bits per heavy atom. The van der Waals surface area contributed by atoms with Crippen LogP contribution in [-0.2, 0) is 40.8 Å². The molecule has 0 saturated carbocycles. The molecule has 2 atom stereocenters. The number of hydrogen-bond acceptors (Lipinski definition) is 9. The number of carboxylic acids is 1. The van der Waals surface area contributed by atoms with E-state index in [1.165, 1.54) is 6.92 Å². The molecular weight excluding hydrogens is 896 g/mol. The highest BCUT2D eigenvalue weighted by molar-refractivity contribution is 6.35. The van der Waals surface area contributed by atoms with Gasteiger partial charge in [0.2, 0.25) is 17.7 Å². The van der Waals surface area contributed by atoms with Gasteiger partial charge in [0.05, 0.1) is 22.8 Å². The van der Waals surface area contributed by atoms with Crippen LogP contribution in [0.2, 0.25) is 10.0 Å². The van der Waals surface area contributed by atoms with Crippen LogP contribution in [0.4, 0.5) is 0 Å². The number of piperazine rings is 1. The van der Waals surface area contributed by atoms with Crippen molar-refractivity contribution < 1.29 is 38.6 Å². The topological polar surface area (TPSA) is 173 Å². The maximum Gasteiger partial charge on any atom is 0.352 e. The van der Waals surface area contributed by atoms with Gasteiger partial charge in [-0.15, -0.1) is 0 Å². The third-order valence-corrected chi connectivity index (χ3v) is 14.4. The minimum atomic E-state index is -1.04. The average Bonchev–Trinajstić information content (AvgIpc) is 3.74. The molecule has 14 nitrogen and oxygen atoms in total. The number of hydrogen-bond donors (Lipinski definition) is 2. The minimum Gasteiger partial charge on any atom is -0.494 e. The number of fused-ring (bicyclic) bond motifs is 1. The van der Waals surface area contributed by atoms with E-state index >= 15 is 0 Å². The van der Waals surface area contributed by atoms with E-state index in [1.54, 1.807) is 34.7 Å². The molecule has 16 heteroatoms. The van der Waals surface area contributed by atoms with Crippen LogP contribution in [0.5, 0.6) is 5.75 Å². The van der Waals surface area contributed by atoms with Crippen molar-refractivity contribution in [3.63, 3.8) is 0 Å². The number of halogens is 2. The van der Waals surface area contributed by atoms with Crippen molar-refractivity contribution >= 4 is 69.4 Å². The summed E-state index contributed by atoms with van der Waals surface area (Å²) in [6.45, 7) is 14.0. The molecule has 4 heterocycles. The van der Waals surface area contributed by atoms with Gasteiger partial charge in [0, 0.05) is 109 Å². The third kappa shape index (κ3) is 10.2. The lowest BCUT2D eigenvalue weighted by Gasteiger charge is -2.35. The highest BCUT2D eigenvalue weighted by Gasteiger charge is 2.37. The molecule has 2 unspecified atom stereocenters. The maximum absolute atomic E-state index is 14.0. The lowest BCUT2D eigenvalue weighted by Crippen LogP contribution is -2.49. The van der Waals surface area contributed by atoms with Gasteiger partial charge in [-0.05, 0) is 101 Å². The van der Waals surface area contributed by atoms with Gasteiger partial charge < -0.3 is 19.3 Å². The van der Waals surface area contributed by atoms with Crippen molar-refractivity contribution in [1.82, 2.24) is 29.5 Å². The number of carbonyl (C=O) groups is 6. The monoisotopic (exact) mass is 952 g/mol. The molecule has 3 aromatic carbocycles. The second kappa shape index (κ2) is 20.6. The normalized spacial score (nSPS) is 16.1. The third-order valence-electron chi connectivity index (χ3n) is 13.5. The van der Waals surface area contributed by atoms with E-state index < -0.39 is 23.7 Å². The molecule has 2 fully saturated rings. The number of Topliss-reactive ketones (excluding diaryl/α,β-unsaturated/α-hetero) is 2. The van der Waals surface area contributed by atoms with E-state index in [9.17, 15) is 33.9 Å². The van der Waals surface area contributed by atoms with E-state index in [2.05, 4.69) is 15.3 Å². The number of carbonyl (C=O) groups excluding carboxylic acids is 5.